The Hall–Kier alpha value is -1.49. The number of rotatable bonds is 3. The molecule has 0 fully saturated rings. The van der Waals surface area contributed by atoms with Crippen LogP contribution in [0.2, 0.25) is 0 Å². The van der Waals surface area contributed by atoms with Crippen molar-refractivity contribution in [3.8, 4) is 17.3 Å². The van der Waals surface area contributed by atoms with Crippen LogP contribution in [0, 0.1) is 14.9 Å². The Balaban J connectivity index is 1.92. The van der Waals surface area contributed by atoms with E-state index in [0.29, 0.717) is 5.57 Å². The van der Waals surface area contributed by atoms with Crippen molar-refractivity contribution in [3.05, 3.63) is 72.5 Å². The van der Waals surface area contributed by atoms with Gasteiger partial charge in [0.05, 0.1) is 11.3 Å². The van der Waals surface area contributed by atoms with Crippen molar-refractivity contribution in [2.45, 2.75) is 0 Å². The molecule has 1 heterocycles. The average molecular weight is 493 g/mol. The van der Waals surface area contributed by atoms with E-state index in [-0.39, 0.29) is 0 Å². The lowest BCUT2D eigenvalue weighted by Gasteiger charge is -1.97. The first-order chi connectivity index (χ1) is 11.2. The Morgan fingerprint density at radius 2 is 1.83 bits per heavy atom. The summed E-state index contributed by atoms with van der Waals surface area (Å²) in [7, 11) is 0. The molecule has 1 aromatic heterocycles. The monoisotopic (exact) mass is 492 g/mol. The number of aromatic nitrogens is 1. The van der Waals surface area contributed by atoms with Crippen LogP contribution in [0.1, 0.15) is 10.6 Å². The van der Waals surface area contributed by atoms with Crippen molar-refractivity contribution in [2.75, 3.05) is 0 Å². The molecule has 0 aliphatic rings. The lowest BCUT2D eigenvalue weighted by molar-refractivity contribution is 1.37. The third-order valence-corrected chi connectivity index (χ3v) is 5.30. The Labute approximate surface area is 160 Å². The lowest BCUT2D eigenvalue weighted by Crippen LogP contribution is -1.83. The van der Waals surface area contributed by atoms with E-state index in [9.17, 15) is 5.26 Å². The summed E-state index contributed by atoms with van der Waals surface area (Å²) in [4.78, 5) is 4.61. The van der Waals surface area contributed by atoms with E-state index in [1.165, 1.54) is 14.9 Å². The molecule has 2 nitrogen and oxygen atoms in total. The van der Waals surface area contributed by atoms with Gasteiger partial charge in [-0.3, -0.25) is 0 Å². The zero-order chi connectivity index (χ0) is 16.2. The molecule has 2 aromatic carbocycles. The second kappa shape index (κ2) is 7.39. The van der Waals surface area contributed by atoms with Crippen LogP contribution in [0.15, 0.2) is 58.4 Å². The number of thiazole rings is 1. The topological polar surface area (TPSA) is 36.7 Å². The number of hydrogen-bond donors (Lipinski definition) is 0. The van der Waals surface area contributed by atoms with E-state index < -0.39 is 0 Å². The maximum atomic E-state index is 9.45. The highest BCUT2D eigenvalue weighted by Crippen LogP contribution is 2.28. The molecule has 0 N–H and O–H groups in total. The fourth-order valence-electron chi connectivity index (χ4n) is 2.02. The van der Waals surface area contributed by atoms with Gasteiger partial charge in [-0.15, -0.1) is 11.3 Å². The van der Waals surface area contributed by atoms with Crippen molar-refractivity contribution in [1.29, 1.82) is 5.26 Å². The first-order valence-corrected chi connectivity index (χ1v) is 9.50. The molecule has 0 spiro atoms. The highest BCUT2D eigenvalue weighted by Gasteiger charge is 2.09. The number of nitriles is 1. The molecule has 0 aliphatic carbocycles. The zero-order valence-electron chi connectivity index (χ0n) is 11.8. The summed E-state index contributed by atoms with van der Waals surface area (Å²) in [6.45, 7) is 0. The van der Waals surface area contributed by atoms with E-state index in [4.69, 9.17) is 0 Å². The van der Waals surface area contributed by atoms with E-state index in [2.05, 4.69) is 49.6 Å². The van der Waals surface area contributed by atoms with Crippen LogP contribution in [0.3, 0.4) is 0 Å². The van der Waals surface area contributed by atoms with E-state index >= 15 is 0 Å². The minimum Gasteiger partial charge on any atom is -0.235 e. The van der Waals surface area contributed by atoms with Gasteiger partial charge in [0.1, 0.15) is 11.1 Å². The van der Waals surface area contributed by atoms with Gasteiger partial charge in [-0.1, -0.05) is 40.2 Å². The fraction of sp³-hybridized carbons (Fsp3) is 0. The molecular weight excluding hydrogens is 483 g/mol. The van der Waals surface area contributed by atoms with E-state index in [0.717, 1.165) is 26.3 Å². The Kier molecular flexibility index (Phi) is 5.26. The van der Waals surface area contributed by atoms with Crippen LogP contribution < -0.4 is 0 Å². The van der Waals surface area contributed by atoms with Crippen molar-refractivity contribution in [3.63, 3.8) is 0 Å². The molecule has 0 saturated heterocycles. The summed E-state index contributed by atoms with van der Waals surface area (Å²) in [5.41, 5.74) is 3.52. The largest absolute Gasteiger partial charge is 0.235 e. The van der Waals surface area contributed by atoms with Gasteiger partial charge < -0.3 is 0 Å². The van der Waals surface area contributed by atoms with Crippen LogP contribution >= 0.6 is 49.9 Å². The second-order valence-corrected chi connectivity index (χ2v) is 7.79. The van der Waals surface area contributed by atoms with Gasteiger partial charge in [-0.25, -0.2) is 4.98 Å². The van der Waals surface area contributed by atoms with Gasteiger partial charge in [0.15, 0.2) is 0 Å². The van der Waals surface area contributed by atoms with Crippen molar-refractivity contribution >= 4 is 61.5 Å². The number of halogens is 2. The molecule has 0 bridgehead atoms. The zero-order valence-corrected chi connectivity index (χ0v) is 16.4. The molecule has 0 amide bonds. The predicted octanol–water partition coefficient (Wildman–Crippen LogP) is 6.24. The van der Waals surface area contributed by atoms with Crippen molar-refractivity contribution < 1.29 is 0 Å². The van der Waals surface area contributed by atoms with Gasteiger partial charge in [0.2, 0.25) is 0 Å². The van der Waals surface area contributed by atoms with Gasteiger partial charge in [-0.05, 0) is 58.5 Å². The molecule has 0 saturated carbocycles. The van der Waals surface area contributed by atoms with Crippen LogP contribution in [0.5, 0.6) is 0 Å². The molecule has 3 rings (SSSR count). The van der Waals surface area contributed by atoms with Crippen LogP contribution in [0.25, 0.3) is 22.9 Å². The molecule has 0 unspecified atom stereocenters. The maximum absolute atomic E-state index is 9.45. The first kappa shape index (κ1) is 16.4. The van der Waals surface area contributed by atoms with Crippen molar-refractivity contribution in [1.82, 2.24) is 4.98 Å². The van der Waals surface area contributed by atoms with Gasteiger partial charge in [0, 0.05) is 19.0 Å². The normalized spacial score (nSPS) is 11.3. The minimum absolute atomic E-state index is 0.583. The molecule has 3 aromatic rings. The van der Waals surface area contributed by atoms with Gasteiger partial charge in [-0.2, -0.15) is 5.26 Å². The summed E-state index contributed by atoms with van der Waals surface area (Å²) >= 11 is 7.18. The molecule has 0 atom stereocenters. The highest BCUT2D eigenvalue weighted by molar-refractivity contribution is 14.1. The molecule has 5 heteroatoms. The minimum atomic E-state index is 0.583. The number of nitrogens with zero attached hydrogens (tertiary/aromatic N) is 2. The van der Waals surface area contributed by atoms with E-state index in [1.807, 2.05) is 60.0 Å². The van der Waals surface area contributed by atoms with Gasteiger partial charge in [0.25, 0.3) is 0 Å². The smallest absolute Gasteiger partial charge is 0.134 e. The number of benzene rings is 2. The summed E-state index contributed by atoms with van der Waals surface area (Å²) in [5.74, 6) is 0. The quantitative estimate of drug-likeness (QED) is 0.320. The standard InChI is InChI=1S/C18H10BrIN2S/c19-15-5-3-13(4-6-15)17-11-23-18(22-17)14(10-21)9-12-1-7-16(20)8-2-12/h1-9,11H. The van der Waals surface area contributed by atoms with E-state index in [1.54, 1.807) is 0 Å². The molecular formula is C18H10BrIN2S. The lowest BCUT2D eigenvalue weighted by atomic mass is 10.1. The molecule has 112 valence electrons. The van der Waals surface area contributed by atoms with Gasteiger partial charge >= 0.3 is 0 Å². The summed E-state index contributed by atoms with van der Waals surface area (Å²) < 4.78 is 2.21. The Morgan fingerprint density at radius 1 is 1.13 bits per heavy atom. The second-order valence-electron chi connectivity index (χ2n) is 4.77. The summed E-state index contributed by atoms with van der Waals surface area (Å²) in [5, 5.41) is 12.2. The maximum Gasteiger partial charge on any atom is 0.134 e. The van der Waals surface area contributed by atoms with Crippen LogP contribution in [0.4, 0.5) is 0 Å². The van der Waals surface area contributed by atoms with Crippen LogP contribution in [-0.2, 0) is 0 Å². The number of allylic oxidation sites excluding steroid dienone is 1. The van der Waals surface area contributed by atoms with Crippen LogP contribution in [-0.4, -0.2) is 4.98 Å². The average Bonchev–Trinajstić information content (AvgIpc) is 3.05. The highest BCUT2D eigenvalue weighted by atomic mass is 127. The summed E-state index contributed by atoms with van der Waals surface area (Å²) in [6.07, 6.45) is 1.88. The molecule has 23 heavy (non-hydrogen) atoms. The number of hydrogen-bond acceptors (Lipinski definition) is 3. The molecule has 0 radical (unpaired) electrons. The Bertz CT molecular complexity index is 890. The summed E-state index contributed by atoms with van der Waals surface area (Å²) in [6, 6.07) is 18.3. The third-order valence-electron chi connectivity index (χ3n) is 3.18. The first-order valence-electron chi connectivity index (χ1n) is 6.75. The third kappa shape index (κ3) is 4.08. The van der Waals surface area contributed by atoms with Crippen molar-refractivity contribution in [2.24, 2.45) is 0 Å². The Morgan fingerprint density at radius 3 is 2.48 bits per heavy atom. The molecule has 0 aliphatic heterocycles. The fourth-order valence-corrected chi connectivity index (χ4v) is 3.44. The predicted molar refractivity (Wildman–Crippen MR) is 108 cm³/mol. The SMILES string of the molecule is N#CC(=Cc1ccc(I)cc1)c1nc(-c2ccc(Br)cc2)cs1.